The molecule has 1 N–H and O–H groups in total. The Morgan fingerprint density at radius 2 is 1.90 bits per heavy atom. The van der Waals surface area contributed by atoms with E-state index in [1.807, 2.05) is 64.1 Å². The van der Waals surface area contributed by atoms with Crippen molar-refractivity contribution in [3.05, 3.63) is 82.5 Å². The standard InChI is InChI=1S/C29H36F3N5O3/c1-7-23(12-9-11-21(4)29(30,31)32)17-40-33-22(5)24-14-15-27(20(3)16-24)39-18-25-19(2)10-8-13-26(25)37-28(38)36(6)34-35-37/h8-16,23,28,38H,7,17-18H2,1-6H3/b12-9-,21-11+,33-22-. The van der Waals surface area contributed by atoms with Gasteiger partial charge in [-0.15, -0.1) is 0 Å². The van der Waals surface area contributed by atoms with Crippen LogP contribution in [-0.4, -0.2) is 42.0 Å². The maximum atomic E-state index is 12.6. The molecule has 216 valence electrons. The molecule has 2 unspecified atom stereocenters. The Balaban J connectivity index is 1.63. The first-order valence-corrected chi connectivity index (χ1v) is 12.9. The van der Waals surface area contributed by atoms with Crippen LogP contribution < -0.4 is 9.75 Å². The molecular formula is C29H36F3N5O3. The first-order valence-electron chi connectivity index (χ1n) is 12.9. The number of aliphatic hydroxyl groups is 1. The number of benzene rings is 2. The van der Waals surface area contributed by atoms with Crippen LogP contribution >= 0.6 is 0 Å². The number of rotatable bonds is 11. The second-order valence-corrected chi connectivity index (χ2v) is 9.66. The number of allylic oxidation sites excluding steroid dienone is 3. The van der Waals surface area contributed by atoms with E-state index in [9.17, 15) is 18.3 Å². The van der Waals surface area contributed by atoms with E-state index in [0.29, 0.717) is 23.6 Å². The quantitative estimate of drug-likeness (QED) is 0.182. The van der Waals surface area contributed by atoms with Crippen LogP contribution in [0.4, 0.5) is 18.9 Å². The van der Waals surface area contributed by atoms with Gasteiger partial charge >= 0.3 is 6.18 Å². The zero-order chi connectivity index (χ0) is 29.4. The molecule has 8 nitrogen and oxygen atoms in total. The molecule has 0 bridgehead atoms. The molecule has 11 heteroatoms. The molecule has 1 aliphatic heterocycles. The zero-order valence-corrected chi connectivity index (χ0v) is 23.6. The van der Waals surface area contributed by atoms with Gasteiger partial charge in [0.25, 0.3) is 0 Å². The molecule has 0 aromatic heterocycles. The predicted octanol–water partition coefficient (Wildman–Crippen LogP) is 7.02. The van der Waals surface area contributed by atoms with Gasteiger partial charge in [-0.1, -0.05) is 42.4 Å². The Morgan fingerprint density at radius 3 is 2.52 bits per heavy atom. The van der Waals surface area contributed by atoms with Gasteiger partial charge in [-0.3, -0.25) is 0 Å². The first kappa shape index (κ1) is 30.7. The molecule has 0 aliphatic carbocycles. The van der Waals surface area contributed by atoms with Crippen LogP contribution in [0.2, 0.25) is 0 Å². The molecule has 0 amide bonds. The average Bonchev–Trinajstić information content (AvgIpc) is 3.24. The summed E-state index contributed by atoms with van der Waals surface area (Å²) >= 11 is 0. The summed E-state index contributed by atoms with van der Waals surface area (Å²) in [5, 5.41) is 25.3. The molecule has 0 radical (unpaired) electrons. The Labute approximate surface area is 233 Å². The average molecular weight is 560 g/mol. The van der Waals surface area contributed by atoms with Gasteiger partial charge in [0.05, 0.1) is 11.4 Å². The maximum Gasteiger partial charge on any atom is 0.412 e. The number of oxime groups is 1. The van der Waals surface area contributed by atoms with Crippen LogP contribution in [-0.2, 0) is 11.4 Å². The van der Waals surface area contributed by atoms with Crippen molar-refractivity contribution in [2.45, 2.75) is 60.2 Å². The number of anilines is 1. The third kappa shape index (κ3) is 7.84. The van der Waals surface area contributed by atoms with Crippen molar-refractivity contribution >= 4 is 11.4 Å². The lowest BCUT2D eigenvalue weighted by Crippen LogP contribution is -2.36. The topological polar surface area (TPSA) is 82.2 Å². The maximum absolute atomic E-state index is 12.6. The summed E-state index contributed by atoms with van der Waals surface area (Å²) in [7, 11) is 1.64. The Kier molecular flexibility index (Phi) is 10.3. The monoisotopic (exact) mass is 559 g/mol. The van der Waals surface area contributed by atoms with Crippen LogP contribution in [0.15, 0.2) is 75.8 Å². The van der Waals surface area contributed by atoms with E-state index in [1.54, 1.807) is 13.1 Å². The number of nitrogens with zero attached hydrogens (tertiary/aromatic N) is 5. The largest absolute Gasteiger partial charge is 0.489 e. The van der Waals surface area contributed by atoms with E-state index < -0.39 is 18.1 Å². The van der Waals surface area contributed by atoms with Gasteiger partial charge in [-0.25, -0.2) is 5.01 Å². The fourth-order valence-electron chi connectivity index (χ4n) is 3.85. The summed E-state index contributed by atoms with van der Waals surface area (Å²) in [6, 6.07) is 11.4. The normalized spacial score (nSPS) is 17.2. The molecule has 2 aromatic rings. The minimum Gasteiger partial charge on any atom is -0.489 e. The fraction of sp³-hybridized carbons (Fsp3) is 0.414. The van der Waals surface area contributed by atoms with Crippen molar-refractivity contribution in [2.24, 2.45) is 21.5 Å². The molecular weight excluding hydrogens is 523 g/mol. The molecule has 2 aromatic carbocycles. The first-order chi connectivity index (χ1) is 18.9. The molecule has 0 saturated carbocycles. The summed E-state index contributed by atoms with van der Waals surface area (Å²) in [6.45, 7) is 9.24. The summed E-state index contributed by atoms with van der Waals surface area (Å²) in [6.07, 6.45) is -0.453. The van der Waals surface area contributed by atoms with E-state index in [0.717, 1.165) is 35.3 Å². The van der Waals surface area contributed by atoms with Gasteiger partial charge in [0.15, 0.2) is 0 Å². The van der Waals surface area contributed by atoms with Crippen LogP contribution in [0, 0.1) is 19.8 Å². The van der Waals surface area contributed by atoms with Gasteiger partial charge in [0.2, 0.25) is 6.35 Å². The highest BCUT2D eigenvalue weighted by Gasteiger charge is 2.29. The Morgan fingerprint density at radius 1 is 1.15 bits per heavy atom. The molecule has 3 rings (SSSR count). The van der Waals surface area contributed by atoms with Crippen molar-refractivity contribution in [2.75, 3.05) is 18.7 Å². The van der Waals surface area contributed by atoms with E-state index in [-0.39, 0.29) is 19.1 Å². The van der Waals surface area contributed by atoms with Crippen molar-refractivity contribution in [3.8, 4) is 5.75 Å². The predicted molar refractivity (Wildman–Crippen MR) is 149 cm³/mol. The number of ether oxygens (including phenoxy) is 1. The third-order valence-electron chi connectivity index (χ3n) is 6.62. The van der Waals surface area contributed by atoms with Gasteiger partial charge in [0.1, 0.15) is 19.0 Å². The Bertz CT molecular complexity index is 1290. The molecule has 1 heterocycles. The van der Waals surface area contributed by atoms with Gasteiger partial charge in [0, 0.05) is 24.1 Å². The third-order valence-corrected chi connectivity index (χ3v) is 6.62. The van der Waals surface area contributed by atoms with Crippen LogP contribution in [0.5, 0.6) is 5.75 Å². The molecule has 0 saturated heterocycles. The number of alkyl halides is 3. The van der Waals surface area contributed by atoms with Crippen LogP contribution in [0.25, 0.3) is 0 Å². The second kappa shape index (κ2) is 13.5. The summed E-state index contributed by atoms with van der Waals surface area (Å²) in [5.74, 6) is 0.631. The van der Waals surface area contributed by atoms with Crippen molar-refractivity contribution in [1.82, 2.24) is 5.01 Å². The number of hydrogen-bond donors (Lipinski definition) is 1. The number of hydrogen-bond acceptors (Lipinski definition) is 8. The van der Waals surface area contributed by atoms with E-state index >= 15 is 0 Å². The minimum absolute atomic E-state index is 0.0683. The zero-order valence-electron chi connectivity index (χ0n) is 23.6. The highest BCUT2D eigenvalue weighted by molar-refractivity contribution is 5.98. The van der Waals surface area contributed by atoms with Crippen LogP contribution in [0.1, 0.15) is 49.4 Å². The lowest BCUT2D eigenvalue weighted by molar-refractivity contribution is -0.0913. The minimum atomic E-state index is -4.33. The summed E-state index contributed by atoms with van der Waals surface area (Å²) in [5.41, 5.74) is 4.37. The highest BCUT2D eigenvalue weighted by Crippen LogP contribution is 2.31. The van der Waals surface area contributed by atoms with E-state index in [1.165, 1.54) is 16.1 Å². The van der Waals surface area contributed by atoms with Crippen molar-refractivity contribution < 1.29 is 27.9 Å². The lowest BCUT2D eigenvalue weighted by atomic mass is 10.1. The number of halogens is 3. The SMILES string of the molecule is CCC(/C=C\C=C(/C)C(F)(F)F)CO/N=C(/C)c1ccc(OCc2c(C)cccc2N2N=NN(C)C2O)c(C)c1. The second-order valence-electron chi connectivity index (χ2n) is 9.66. The molecule has 0 spiro atoms. The van der Waals surface area contributed by atoms with Crippen LogP contribution in [0.3, 0.4) is 0 Å². The van der Waals surface area contributed by atoms with Crippen molar-refractivity contribution in [1.29, 1.82) is 0 Å². The van der Waals surface area contributed by atoms with Gasteiger partial charge in [-0.05, 0) is 85.5 Å². The summed E-state index contributed by atoms with van der Waals surface area (Å²) < 4.78 is 44.0. The highest BCUT2D eigenvalue weighted by atomic mass is 19.4. The fourth-order valence-corrected chi connectivity index (χ4v) is 3.85. The summed E-state index contributed by atoms with van der Waals surface area (Å²) in [4.78, 5) is 5.51. The molecule has 1 aliphatic rings. The van der Waals surface area contributed by atoms with E-state index in [4.69, 9.17) is 9.57 Å². The smallest absolute Gasteiger partial charge is 0.412 e. The number of aliphatic hydroxyl groups excluding tert-OH is 1. The van der Waals surface area contributed by atoms with Crippen molar-refractivity contribution in [3.63, 3.8) is 0 Å². The van der Waals surface area contributed by atoms with Gasteiger partial charge in [-0.2, -0.15) is 18.2 Å². The molecule has 40 heavy (non-hydrogen) atoms. The molecule has 0 fully saturated rings. The number of aryl methyl sites for hydroxylation is 2. The lowest BCUT2D eigenvalue weighted by Gasteiger charge is -2.24. The Hall–Kier alpha value is -3.86. The molecule has 2 atom stereocenters. The van der Waals surface area contributed by atoms with E-state index in [2.05, 4.69) is 15.6 Å². The van der Waals surface area contributed by atoms with Gasteiger partial charge < -0.3 is 14.7 Å².